The first-order valence-electron chi connectivity index (χ1n) is 33.6. The molecule has 0 fully saturated rings. The molecule has 1 atom stereocenters. The molecule has 0 saturated heterocycles. The Morgan fingerprint density at radius 2 is 0.500 bits per heavy atom. The highest BCUT2D eigenvalue weighted by Gasteiger charge is 2.19. The molecule has 0 amide bonds. The number of hydrogen-bond donors (Lipinski definition) is 0. The van der Waals surface area contributed by atoms with E-state index in [1.807, 2.05) is 0 Å². The molecule has 6 heteroatoms. The van der Waals surface area contributed by atoms with Crippen molar-refractivity contribution in [1.82, 2.24) is 0 Å². The number of carbonyl (C=O) groups excluding carboxylic acids is 3. The molecule has 0 aromatic heterocycles. The highest BCUT2D eigenvalue weighted by Crippen LogP contribution is 2.17. The maximum atomic E-state index is 12.9. The fourth-order valence-corrected chi connectivity index (χ4v) is 9.62. The van der Waals surface area contributed by atoms with Gasteiger partial charge in [0.05, 0.1) is 0 Å². The second-order valence-corrected chi connectivity index (χ2v) is 22.4. The molecule has 0 aromatic carbocycles. The van der Waals surface area contributed by atoms with E-state index in [9.17, 15) is 14.4 Å². The van der Waals surface area contributed by atoms with Gasteiger partial charge in [0, 0.05) is 19.3 Å². The van der Waals surface area contributed by atoms with Crippen LogP contribution in [0.5, 0.6) is 0 Å². The Morgan fingerprint density at radius 1 is 0.269 bits per heavy atom. The van der Waals surface area contributed by atoms with Gasteiger partial charge in [-0.1, -0.05) is 305 Å². The van der Waals surface area contributed by atoms with E-state index in [2.05, 4.69) is 106 Å². The number of unbranched alkanes of at least 4 members (excludes halogenated alkanes) is 36. The highest BCUT2D eigenvalue weighted by atomic mass is 16.6. The van der Waals surface area contributed by atoms with Crippen LogP contribution in [0.2, 0.25) is 0 Å². The Bertz CT molecular complexity index is 1480. The molecular formula is C72H126O6. The van der Waals surface area contributed by atoms with E-state index in [0.29, 0.717) is 19.3 Å². The predicted molar refractivity (Wildman–Crippen MR) is 339 cm³/mol. The van der Waals surface area contributed by atoms with Crippen molar-refractivity contribution < 1.29 is 28.6 Å². The van der Waals surface area contributed by atoms with Crippen LogP contribution in [0.1, 0.15) is 335 Å². The molecule has 450 valence electrons. The number of carbonyl (C=O) groups is 3. The summed E-state index contributed by atoms with van der Waals surface area (Å²) < 4.78 is 16.9. The number of rotatable bonds is 61. The summed E-state index contributed by atoms with van der Waals surface area (Å²) in [5, 5.41) is 0. The van der Waals surface area contributed by atoms with E-state index in [0.717, 1.165) is 103 Å². The van der Waals surface area contributed by atoms with Gasteiger partial charge in [0.15, 0.2) is 6.10 Å². The van der Waals surface area contributed by atoms with Crippen LogP contribution >= 0.6 is 0 Å². The molecule has 0 aliphatic rings. The van der Waals surface area contributed by atoms with E-state index in [1.54, 1.807) is 0 Å². The van der Waals surface area contributed by atoms with Crippen molar-refractivity contribution in [3.05, 3.63) is 85.1 Å². The molecule has 0 radical (unpaired) electrons. The number of esters is 3. The molecule has 0 aromatic rings. The van der Waals surface area contributed by atoms with Gasteiger partial charge in [0.1, 0.15) is 13.2 Å². The third kappa shape index (κ3) is 63.4. The Kier molecular flexibility index (Phi) is 63.2. The molecule has 6 nitrogen and oxygen atoms in total. The molecule has 0 aliphatic heterocycles. The highest BCUT2D eigenvalue weighted by molar-refractivity contribution is 5.71. The van der Waals surface area contributed by atoms with E-state index in [-0.39, 0.29) is 31.1 Å². The number of ether oxygens (including phenoxy) is 3. The first-order valence-corrected chi connectivity index (χ1v) is 33.6. The molecule has 0 spiro atoms. The molecule has 1 unspecified atom stereocenters. The lowest BCUT2D eigenvalue weighted by atomic mass is 10.0. The van der Waals surface area contributed by atoms with Gasteiger partial charge < -0.3 is 14.2 Å². The minimum atomic E-state index is -0.778. The fourth-order valence-electron chi connectivity index (χ4n) is 9.62. The minimum Gasteiger partial charge on any atom is -0.462 e. The molecule has 0 heterocycles. The zero-order valence-corrected chi connectivity index (χ0v) is 51.7. The lowest BCUT2D eigenvalue weighted by Crippen LogP contribution is -2.30. The summed E-state index contributed by atoms with van der Waals surface area (Å²) in [7, 11) is 0. The molecule has 0 N–H and O–H groups in total. The van der Waals surface area contributed by atoms with Gasteiger partial charge in [0.25, 0.3) is 0 Å². The summed E-state index contributed by atoms with van der Waals surface area (Å²) in [5.74, 6) is -0.868. The van der Waals surface area contributed by atoms with Crippen LogP contribution in [0.15, 0.2) is 85.1 Å². The normalized spacial score (nSPS) is 12.6. The van der Waals surface area contributed by atoms with Crippen LogP contribution in [-0.4, -0.2) is 37.2 Å². The van der Waals surface area contributed by atoms with Crippen molar-refractivity contribution in [3.63, 3.8) is 0 Å². The quantitative estimate of drug-likeness (QED) is 0.0261. The third-order valence-electron chi connectivity index (χ3n) is 14.6. The monoisotopic (exact) mass is 1090 g/mol. The second kappa shape index (κ2) is 66.1. The lowest BCUT2D eigenvalue weighted by Gasteiger charge is -2.18. The van der Waals surface area contributed by atoms with Crippen LogP contribution in [0.4, 0.5) is 0 Å². The summed E-state index contributed by atoms with van der Waals surface area (Å²) in [6.45, 7) is 6.54. The van der Waals surface area contributed by atoms with Gasteiger partial charge in [-0.3, -0.25) is 14.4 Å². The first-order chi connectivity index (χ1) is 38.5. The molecule has 0 aliphatic carbocycles. The SMILES string of the molecule is CC/C=C\C/C=C\C/C=C\C/C=C\C/C=C\C/C=C\CCCCCCCCCCCCCCCCC(=O)OCC(COC(=O)CCCCCCCCCCCCCC)OC(=O)CCCCCCC/C=C\CCCCCCCC. The van der Waals surface area contributed by atoms with Crippen molar-refractivity contribution in [3.8, 4) is 0 Å². The smallest absolute Gasteiger partial charge is 0.306 e. The standard InChI is InChI=1S/C72H126O6/c1-4-7-10-13-16-19-22-25-27-28-29-30-31-32-33-34-35-36-37-38-39-40-41-42-43-44-46-47-50-53-56-59-62-65-71(74)77-68-69(67-76-70(73)64-61-58-55-52-49-24-21-18-15-12-9-6-3)78-72(75)66-63-60-57-54-51-48-45-26-23-20-17-14-11-8-5-2/h7,10,16,19,25-27,29-30,32-33,35-36,45,69H,4-6,8-9,11-15,17-18,20-24,28,31,34,37-44,46-68H2,1-3H3/b10-7-,19-16-,27-25-,30-29-,33-32-,36-35-,45-26-. The maximum absolute atomic E-state index is 12.9. The summed E-state index contributed by atoms with van der Waals surface area (Å²) in [4.78, 5) is 38.3. The topological polar surface area (TPSA) is 78.9 Å². The zero-order valence-electron chi connectivity index (χ0n) is 51.7. The summed E-state index contributed by atoms with van der Waals surface area (Å²) in [6.07, 6.45) is 87.5. The summed E-state index contributed by atoms with van der Waals surface area (Å²) in [5.41, 5.74) is 0. The largest absolute Gasteiger partial charge is 0.462 e. The number of allylic oxidation sites excluding steroid dienone is 14. The predicted octanol–water partition coefficient (Wildman–Crippen LogP) is 23.1. The first kappa shape index (κ1) is 74.6. The van der Waals surface area contributed by atoms with E-state index < -0.39 is 6.10 Å². The van der Waals surface area contributed by atoms with E-state index >= 15 is 0 Å². The zero-order chi connectivity index (χ0) is 56.4. The average Bonchev–Trinajstić information content (AvgIpc) is 3.44. The molecule has 0 saturated carbocycles. The van der Waals surface area contributed by atoms with Gasteiger partial charge in [-0.25, -0.2) is 0 Å². The van der Waals surface area contributed by atoms with Crippen molar-refractivity contribution in [2.75, 3.05) is 13.2 Å². The number of hydrogen-bond acceptors (Lipinski definition) is 6. The molecule has 0 bridgehead atoms. The van der Waals surface area contributed by atoms with Crippen molar-refractivity contribution in [2.45, 2.75) is 341 Å². The van der Waals surface area contributed by atoms with E-state index in [4.69, 9.17) is 14.2 Å². The minimum absolute atomic E-state index is 0.0746. The lowest BCUT2D eigenvalue weighted by molar-refractivity contribution is -0.167. The Morgan fingerprint density at radius 3 is 0.795 bits per heavy atom. The Hall–Kier alpha value is -3.41. The van der Waals surface area contributed by atoms with Crippen LogP contribution in [-0.2, 0) is 28.6 Å². The van der Waals surface area contributed by atoms with Gasteiger partial charge in [-0.05, 0) is 96.3 Å². The summed E-state index contributed by atoms with van der Waals surface area (Å²) >= 11 is 0. The average molecular weight is 1090 g/mol. The van der Waals surface area contributed by atoms with Gasteiger partial charge in [0.2, 0.25) is 0 Å². The van der Waals surface area contributed by atoms with Gasteiger partial charge in [-0.15, -0.1) is 0 Å². The van der Waals surface area contributed by atoms with Crippen molar-refractivity contribution in [1.29, 1.82) is 0 Å². The summed E-state index contributed by atoms with van der Waals surface area (Å²) in [6, 6.07) is 0. The fraction of sp³-hybridized carbons (Fsp3) is 0.764. The Labute approximate surface area is 484 Å². The van der Waals surface area contributed by atoms with Crippen LogP contribution < -0.4 is 0 Å². The molecule has 0 rings (SSSR count). The van der Waals surface area contributed by atoms with Crippen LogP contribution in [0.25, 0.3) is 0 Å². The van der Waals surface area contributed by atoms with Crippen LogP contribution in [0.3, 0.4) is 0 Å². The third-order valence-corrected chi connectivity index (χ3v) is 14.6. The molecule has 78 heavy (non-hydrogen) atoms. The molecular weight excluding hydrogens is 961 g/mol. The Balaban J connectivity index is 4.15. The van der Waals surface area contributed by atoms with Crippen molar-refractivity contribution in [2.24, 2.45) is 0 Å². The van der Waals surface area contributed by atoms with Crippen LogP contribution in [0, 0.1) is 0 Å². The van der Waals surface area contributed by atoms with Gasteiger partial charge in [-0.2, -0.15) is 0 Å². The van der Waals surface area contributed by atoms with Gasteiger partial charge >= 0.3 is 17.9 Å². The maximum Gasteiger partial charge on any atom is 0.306 e. The van der Waals surface area contributed by atoms with E-state index in [1.165, 1.54) is 193 Å². The second-order valence-electron chi connectivity index (χ2n) is 22.4. The van der Waals surface area contributed by atoms with Crippen molar-refractivity contribution >= 4 is 17.9 Å².